The maximum absolute atomic E-state index is 12.5. The van der Waals surface area contributed by atoms with E-state index in [4.69, 9.17) is 0 Å². The molecule has 1 aromatic heterocycles. The predicted molar refractivity (Wildman–Crippen MR) is 45.3 cm³/mol. The topological polar surface area (TPSA) is 89.0 Å². The van der Waals surface area contributed by atoms with Crippen LogP contribution in [-0.4, -0.2) is 18.0 Å². The van der Waals surface area contributed by atoms with Crippen LogP contribution in [0.5, 0.6) is 0 Å². The average molecular weight is 222 g/mol. The number of halogens is 1. The van der Waals surface area contributed by atoms with Gasteiger partial charge >= 0.3 is 15.9 Å². The van der Waals surface area contributed by atoms with Crippen LogP contribution in [0.15, 0.2) is 20.7 Å². The molecule has 0 saturated heterocycles. The highest BCUT2D eigenvalue weighted by molar-refractivity contribution is 7.86. The Morgan fingerprint density at radius 2 is 2.07 bits per heavy atom. The lowest BCUT2D eigenvalue weighted by Crippen LogP contribution is -2.31. The van der Waals surface area contributed by atoms with Gasteiger partial charge in [0.25, 0.3) is 5.56 Å². The van der Waals surface area contributed by atoms with Crippen molar-refractivity contribution in [1.82, 2.24) is 9.55 Å². The molecule has 0 aliphatic heterocycles. The van der Waals surface area contributed by atoms with E-state index in [9.17, 15) is 21.9 Å². The molecule has 0 fully saturated rings. The lowest BCUT2D eigenvalue weighted by Gasteiger charge is -2.00. The molecular formula is C6H7FN2O4S. The van der Waals surface area contributed by atoms with E-state index in [-0.39, 0.29) is 6.54 Å². The maximum atomic E-state index is 12.5. The minimum Gasteiger partial charge on any atom is -0.299 e. The van der Waals surface area contributed by atoms with Gasteiger partial charge in [0.05, 0.1) is 0 Å². The standard InChI is InChI=1S/C6H7FN2O4S/c1-2-9-3-4(14(7,12)13)5(10)8-6(9)11/h3H,2H2,1H3,(H,8,10,11). The molecule has 8 heteroatoms. The first kappa shape index (κ1) is 10.6. The van der Waals surface area contributed by atoms with Crippen molar-refractivity contribution in [1.29, 1.82) is 0 Å². The molecule has 0 radical (unpaired) electrons. The molecule has 0 amide bonds. The summed E-state index contributed by atoms with van der Waals surface area (Å²) in [7, 11) is -5.09. The van der Waals surface area contributed by atoms with Crippen LogP contribution in [0.3, 0.4) is 0 Å². The van der Waals surface area contributed by atoms with Gasteiger partial charge in [0, 0.05) is 12.7 Å². The molecule has 0 unspecified atom stereocenters. The third kappa shape index (κ3) is 1.90. The summed E-state index contributed by atoms with van der Waals surface area (Å²) in [5.74, 6) is 0. The van der Waals surface area contributed by atoms with Crippen molar-refractivity contribution in [2.75, 3.05) is 0 Å². The SMILES string of the molecule is CCn1cc(S(=O)(=O)F)c(=O)[nH]c1=O. The zero-order chi connectivity index (χ0) is 10.9. The molecule has 1 heterocycles. The lowest BCUT2D eigenvalue weighted by atomic mass is 10.6. The zero-order valence-electron chi connectivity index (χ0n) is 7.15. The number of H-pyrrole nitrogens is 1. The minimum atomic E-state index is -5.09. The number of hydrogen-bond acceptors (Lipinski definition) is 4. The first-order valence-corrected chi connectivity index (χ1v) is 5.03. The Morgan fingerprint density at radius 1 is 1.50 bits per heavy atom. The Hall–Kier alpha value is -1.44. The molecule has 0 aliphatic rings. The molecule has 1 aromatic rings. The van der Waals surface area contributed by atoms with Crippen molar-refractivity contribution < 1.29 is 12.3 Å². The fourth-order valence-corrected chi connectivity index (χ4v) is 1.42. The van der Waals surface area contributed by atoms with Gasteiger partial charge in [-0.05, 0) is 6.92 Å². The third-order valence-corrected chi connectivity index (χ3v) is 2.40. The summed E-state index contributed by atoms with van der Waals surface area (Å²) in [6.45, 7) is 1.69. The predicted octanol–water partition coefficient (Wildman–Crippen LogP) is -0.785. The van der Waals surface area contributed by atoms with E-state index in [2.05, 4.69) is 0 Å². The molecule has 0 atom stereocenters. The van der Waals surface area contributed by atoms with Crippen molar-refractivity contribution >= 4 is 10.2 Å². The van der Waals surface area contributed by atoms with Crippen LogP contribution < -0.4 is 11.2 Å². The highest BCUT2D eigenvalue weighted by atomic mass is 32.3. The van der Waals surface area contributed by atoms with Gasteiger partial charge in [-0.2, -0.15) is 8.42 Å². The summed E-state index contributed by atoms with van der Waals surface area (Å²) in [6, 6.07) is 0. The van der Waals surface area contributed by atoms with Gasteiger partial charge in [0.15, 0.2) is 4.90 Å². The summed E-state index contributed by atoms with van der Waals surface area (Å²) >= 11 is 0. The summed E-state index contributed by atoms with van der Waals surface area (Å²) < 4.78 is 34.2. The van der Waals surface area contributed by atoms with Crippen LogP contribution in [0.2, 0.25) is 0 Å². The highest BCUT2D eigenvalue weighted by Gasteiger charge is 2.18. The Kier molecular flexibility index (Phi) is 2.56. The fourth-order valence-electron chi connectivity index (χ4n) is 0.898. The number of aryl methyl sites for hydroxylation is 1. The Balaban J connectivity index is 3.64. The Bertz CT molecular complexity index is 556. The van der Waals surface area contributed by atoms with Gasteiger partial charge in [-0.3, -0.25) is 14.3 Å². The van der Waals surface area contributed by atoms with Crippen LogP contribution >= 0.6 is 0 Å². The molecule has 0 aliphatic carbocycles. The molecule has 1 rings (SSSR count). The monoisotopic (exact) mass is 222 g/mol. The second kappa shape index (κ2) is 3.37. The third-order valence-electron chi connectivity index (χ3n) is 1.58. The minimum absolute atomic E-state index is 0.137. The number of aromatic nitrogens is 2. The van der Waals surface area contributed by atoms with Crippen molar-refractivity contribution in [3.8, 4) is 0 Å². The first-order valence-electron chi connectivity index (χ1n) is 3.64. The second-order valence-electron chi connectivity index (χ2n) is 2.48. The molecule has 78 valence electrons. The smallest absolute Gasteiger partial charge is 0.299 e. The lowest BCUT2D eigenvalue weighted by molar-refractivity contribution is 0.546. The number of nitrogens with zero attached hydrogens (tertiary/aromatic N) is 1. The van der Waals surface area contributed by atoms with E-state index in [1.807, 2.05) is 0 Å². The number of aromatic amines is 1. The van der Waals surface area contributed by atoms with Gasteiger partial charge in [0.1, 0.15) is 0 Å². The molecular weight excluding hydrogens is 215 g/mol. The van der Waals surface area contributed by atoms with Gasteiger partial charge in [0.2, 0.25) is 0 Å². The van der Waals surface area contributed by atoms with Gasteiger partial charge < -0.3 is 0 Å². The highest BCUT2D eigenvalue weighted by Crippen LogP contribution is 2.03. The average Bonchev–Trinajstić information content (AvgIpc) is 2.02. The summed E-state index contributed by atoms with van der Waals surface area (Å²) in [4.78, 5) is 22.4. The molecule has 6 nitrogen and oxygen atoms in total. The van der Waals surface area contributed by atoms with Gasteiger partial charge in [-0.25, -0.2) is 4.79 Å². The molecule has 0 saturated carbocycles. The van der Waals surface area contributed by atoms with Crippen LogP contribution in [0.25, 0.3) is 0 Å². The fraction of sp³-hybridized carbons (Fsp3) is 0.333. The van der Waals surface area contributed by atoms with E-state index < -0.39 is 26.4 Å². The van der Waals surface area contributed by atoms with Crippen LogP contribution in [0.1, 0.15) is 6.92 Å². The molecule has 0 aromatic carbocycles. The van der Waals surface area contributed by atoms with Gasteiger partial charge in [-0.1, -0.05) is 0 Å². The zero-order valence-corrected chi connectivity index (χ0v) is 7.97. The number of rotatable bonds is 2. The molecule has 0 bridgehead atoms. The van der Waals surface area contributed by atoms with E-state index in [1.54, 1.807) is 11.9 Å². The van der Waals surface area contributed by atoms with E-state index in [1.165, 1.54) is 0 Å². The normalized spacial score (nSPS) is 11.6. The van der Waals surface area contributed by atoms with Crippen molar-refractivity contribution in [3.63, 3.8) is 0 Å². The van der Waals surface area contributed by atoms with E-state index >= 15 is 0 Å². The molecule has 1 N–H and O–H groups in total. The maximum Gasteiger partial charge on any atom is 0.339 e. The van der Waals surface area contributed by atoms with Crippen LogP contribution in [0, 0.1) is 0 Å². The molecule has 0 spiro atoms. The van der Waals surface area contributed by atoms with Crippen LogP contribution in [-0.2, 0) is 16.8 Å². The second-order valence-corrected chi connectivity index (χ2v) is 3.79. The Labute approximate surface area is 78.2 Å². The summed E-state index contributed by atoms with van der Waals surface area (Å²) in [5.41, 5.74) is -2.02. The van der Waals surface area contributed by atoms with Crippen LogP contribution in [0.4, 0.5) is 3.89 Å². The number of nitrogens with one attached hydrogen (secondary N) is 1. The Morgan fingerprint density at radius 3 is 2.50 bits per heavy atom. The summed E-state index contributed by atoms with van der Waals surface area (Å²) in [6.07, 6.45) is 0.677. The van der Waals surface area contributed by atoms with Crippen molar-refractivity contribution in [2.45, 2.75) is 18.4 Å². The van der Waals surface area contributed by atoms with Crippen molar-refractivity contribution in [2.24, 2.45) is 0 Å². The van der Waals surface area contributed by atoms with E-state index in [0.717, 1.165) is 4.57 Å². The number of hydrogen-bond donors (Lipinski definition) is 1. The quantitative estimate of drug-likeness (QED) is 0.664. The molecule has 14 heavy (non-hydrogen) atoms. The summed E-state index contributed by atoms with van der Waals surface area (Å²) in [5, 5.41) is 0. The largest absolute Gasteiger partial charge is 0.339 e. The van der Waals surface area contributed by atoms with E-state index in [0.29, 0.717) is 6.20 Å². The van der Waals surface area contributed by atoms with Crippen molar-refractivity contribution in [3.05, 3.63) is 27.0 Å². The first-order chi connectivity index (χ1) is 6.36. The van der Waals surface area contributed by atoms with Gasteiger partial charge in [-0.15, -0.1) is 3.89 Å².